The van der Waals surface area contributed by atoms with Crippen LogP contribution in [0.5, 0.6) is 0 Å². The fourth-order valence-corrected chi connectivity index (χ4v) is 4.07. The highest BCUT2D eigenvalue weighted by molar-refractivity contribution is 7.99. The summed E-state index contributed by atoms with van der Waals surface area (Å²) >= 11 is 1.88. The van der Waals surface area contributed by atoms with Gasteiger partial charge in [0.1, 0.15) is 24.1 Å². The minimum atomic E-state index is -0.690. The van der Waals surface area contributed by atoms with Gasteiger partial charge in [-0.1, -0.05) is 45.0 Å². The highest BCUT2D eigenvalue weighted by atomic mass is 32.2. The molecule has 0 aromatic carbocycles. The van der Waals surface area contributed by atoms with Crippen molar-refractivity contribution < 1.29 is 14.4 Å². The number of Topliss-reactive ketones (excluding diaryl/α,β-unsaturated/α-hetero) is 2. The van der Waals surface area contributed by atoms with E-state index in [0.29, 0.717) is 30.2 Å². The minimum absolute atomic E-state index is 0.00866. The van der Waals surface area contributed by atoms with Gasteiger partial charge in [-0.25, -0.2) is 0 Å². The lowest BCUT2D eigenvalue weighted by atomic mass is 9.75. The van der Waals surface area contributed by atoms with E-state index in [2.05, 4.69) is 25.6 Å². The Hall–Kier alpha value is -1.10. The number of thioether (sulfide) groups is 1. The first-order chi connectivity index (χ1) is 11.0. The van der Waals surface area contributed by atoms with Gasteiger partial charge in [0.05, 0.1) is 5.71 Å². The second kappa shape index (κ2) is 10.6. The standard InChI is InChI=1S/C18H29NO3S/c1-5-8-15(19-22-9-6-2)18-16(20)11-14(12-17(18)21)10-13(4)23-7-3/h6,13-14,18H,2,5,7-12H2,1,3-4H3. The molecule has 5 heteroatoms. The molecule has 0 spiro atoms. The van der Waals surface area contributed by atoms with Gasteiger partial charge in [-0.05, 0) is 24.5 Å². The number of hydrogen-bond acceptors (Lipinski definition) is 5. The van der Waals surface area contributed by atoms with Crippen molar-refractivity contribution in [2.45, 2.75) is 58.1 Å². The van der Waals surface area contributed by atoms with Gasteiger partial charge in [0, 0.05) is 18.1 Å². The molecule has 1 rings (SSSR count). The van der Waals surface area contributed by atoms with Gasteiger partial charge < -0.3 is 4.84 Å². The van der Waals surface area contributed by atoms with Gasteiger partial charge in [0.2, 0.25) is 0 Å². The molecule has 1 unspecified atom stereocenters. The Morgan fingerprint density at radius 3 is 2.57 bits per heavy atom. The summed E-state index contributed by atoms with van der Waals surface area (Å²) in [5, 5.41) is 4.53. The van der Waals surface area contributed by atoms with Crippen LogP contribution in [0.2, 0.25) is 0 Å². The number of carbonyl (C=O) groups is 2. The highest BCUT2D eigenvalue weighted by Gasteiger charge is 2.38. The Balaban J connectivity index is 2.74. The zero-order valence-electron chi connectivity index (χ0n) is 14.5. The molecule has 0 heterocycles. The van der Waals surface area contributed by atoms with Crippen molar-refractivity contribution in [3.05, 3.63) is 12.7 Å². The van der Waals surface area contributed by atoms with Crippen molar-refractivity contribution in [3.8, 4) is 0 Å². The van der Waals surface area contributed by atoms with E-state index in [1.54, 1.807) is 6.08 Å². The van der Waals surface area contributed by atoms with Crippen LogP contribution in [-0.2, 0) is 14.4 Å². The lowest BCUT2D eigenvalue weighted by Crippen LogP contribution is -2.39. The molecule has 23 heavy (non-hydrogen) atoms. The smallest absolute Gasteiger partial charge is 0.149 e. The number of rotatable bonds is 10. The molecule has 1 atom stereocenters. The van der Waals surface area contributed by atoms with Crippen LogP contribution in [0, 0.1) is 11.8 Å². The zero-order valence-corrected chi connectivity index (χ0v) is 15.4. The van der Waals surface area contributed by atoms with Crippen LogP contribution in [0.4, 0.5) is 0 Å². The maximum Gasteiger partial charge on any atom is 0.149 e. The topological polar surface area (TPSA) is 55.7 Å². The molecular weight excluding hydrogens is 310 g/mol. The number of nitrogens with zero attached hydrogens (tertiary/aromatic N) is 1. The molecule has 0 bridgehead atoms. The number of carbonyl (C=O) groups excluding carboxylic acids is 2. The van der Waals surface area contributed by atoms with Crippen LogP contribution >= 0.6 is 11.8 Å². The fraction of sp³-hybridized carbons (Fsp3) is 0.722. The average Bonchev–Trinajstić information content (AvgIpc) is 2.47. The van der Waals surface area contributed by atoms with E-state index in [1.165, 1.54) is 0 Å². The maximum absolute atomic E-state index is 12.5. The second-order valence-corrected chi connectivity index (χ2v) is 7.77. The largest absolute Gasteiger partial charge is 0.392 e. The number of ketones is 2. The van der Waals surface area contributed by atoms with Crippen LogP contribution in [0.3, 0.4) is 0 Å². The van der Waals surface area contributed by atoms with Gasteiger partial charge in [-0.2, -0.15) is 11.8 Å². The Morgan fingerprint density at radius 2 is 2.04 bits per heavy atom. The van der Waals surface area contributed by atoms with E-state index in [9.17, 15) is 9.59 Å². The van der Waals surface area contributed by atoms with Gasteiger partial charge in [0.15, 0.2) is 0 Å². The molecule has 0 N–H and O–H groups in total. The van der Waals surface area contributed by atoms with Crippen molar-refractivity contribution in [1.29, 1.82) is 0 Å². The average molecular weight is 340 g/mol. The lowest BCUT2D eigenvalue weighted by molar-refractivity contribution is -0.134. The summed E-state index contributed by atoms with van der Waals surface area (Å²) in [6, 6.07) is 0. The van der Waals surface area contributed by atoms with Crippen LogP contribution < -0.4 is 0 Å². The van der Waals surface area contributed by atoms with Crippen molar-refractivity contribution in [1.82, 2.24) is 0 Å². The molecule has 1 aliphatic rings. The van der Waals surface area contributed by atoms with Crippen molar-refractivity contribution in [2.24, 2.45) is 17.0 Å². The van der Waals surface area contributed by atoms with Gasteiger partial charge in [0.25, 0.3) is 0 Å². The van der Waals surface area contributed by atoms with Crippen molar-refractivity contribution >= 4 is 29.0 Å². The van der Waals surface area contributed by atoms with E-state index in [-0.39, 0.29) is 24.1 Å². The molecule has 130 valence electrons. The predicted octanol–water partition coefficient (Wildman–Crippen LogP) is 4.04. The summed E-state index contributed by atoms with van der Waals surface area (Å²) in [4.78, 5) is 30.2. The fourth-order valence-electron chi connectivity index (χ4n) is 3.09. The molecule has 1 saturated carbocycles. The third-order valence-corrected chi connectivity index (χ3v) is 5.05. The van der Waals surface area contributed by atoms with Crippen LogP contribution in [0.25, 0.3) is 0 Å². The first-order valence-electron chi connectivity index (χ1n) is 8.50. The molecule has 0 aromatic heterocycles. The molecule has 0 saturated heterocycles. The summed E-state index contributed by atoms with van der Waals surface area (Å²) in [7, 11) is 0. The molecule has 0 radical (unpaired) electrons. The first kappa shape index (κ1) is 19.9. The number of oxime groups is 1. The van der Waals surface area contributed by atoms with Gasteiger partial charge >= 0.3 is 0 Å². The van der Waals surface area contributed by atoms with E-state index < -0.39 is 5.92 Å². The Kier molecular flexibility index (Phi) is 9.22. The monoisotopic (exact) mass is 339 g/mol. The van der Waals surface area contributed by atoms with Crippen molar-refractivity contribution in [2.75, 3.05) is 12.4 Å². The Morgan fingerprint density at radius 1 is 1.39 bits per heavy atom. The molecule has 0 aromatic rings. The SMILES string of the molecule is C=CCON=C(CCC)C1C(=O)CC(CC(C)SCC)CC1=O. The summed E-state index contributed by atoms with van der Waals surface area (Å²) in [5.74, 6) is 0.568. The third-order valence-electron chi connectivity index (χ3n) is 3.95. The predicted molar refractivity (Wildman–Crippen MR) is 96.9 cm³/mol. The molecule has 1 fully saturated rings. The molecule has 1 aliphatic carbocycles. The maximum atomic E-state index is 12.5. The van der Waals surface area contributed by atoms with Crippen LogP contribution in [0.1, 0.15) is 52.9 Å². The Labute approximate surface area is 144 Å². The summed E-state index contributed by atoms with van der Waals surface area (Å²) in [6.45, 7) is 10.2. The van der Waals surface area contributed by atoms with Crippen LogP contribution in [-0.4, -0.2) is 34.9 Å². The zero-order chi connectivity index (χ0) is 17.2. The first-order valence-corrected chi connectivity index (χ1v) is 9.54. The van der Waals surface area contributed by atoms with E-state index in [4.69, 9.17) is 4.84 Å². The van der Waals surface area contributed by atoms with Gasteiger partial charge in [-0.15, -0.1) is 0 Å². The minimum Gasteiger partial charge on any atom is -0.392 e. The third kappa shape index (κ3) is 6.50. The highest BCUT2D eigenvalue weighted by Crippen LogP contribution is 2.31. The molecule has 0 aliphatic heterocycles. The van der Waals surface area contributed by atoms with Crippen molar-refractivity contribution in [3.63, 3.8) is 0 Å². The quantitative estimate of drug-likeness (QED) is 0.198. The summed E-state index contributed by atoms with van der Waals surface area (Å²) < 4.78 is 0. The molecule has 0 amide bonds. The lowest BCUT2D eigenvalue weighted by Gasteiger charge is -2.28. The summed E-state index contributed by atoms with van der Waals surface area (Å²) in [6.07, 6.45) is 4.94. The van der Waals surface area contributed by atoms with Gasteiger partial charge in [-0.3, -0.25) is 9.59 Å². The number of hydrogen-bond donors (Lipinski definition) is 0. The second-order valence-electron chi connectivity index (χ2n) is 6.06. The molecule has 4 nitrogen and oxygen atoms in total. The van der Waals surface area contributed by atoms with E-state index in [1.807, 2.05) is 18.7 Å². The van der Waals surface area contributed by atoms with E-state index >= 15 is 0 Å². The molecular formula is C18H29NO3S. The normalized spacial score (nSPS) is 23.7. The summed E-state index contributed by atoms with van der Waals surface area (Å²) in [5.41, 5.74) is 0.582. The Bertz CT molecular complexity index is 430. The van der Waals surface area contributed by atoms with E-state index in [0.717, 1.165) is 18.6 Å². The van der Waals surface area contributed by atoms with Crippen LogP contribution in [0.15, 0.2) is 17.8 Å².